The SMILES string of the molecule is C#Cc1cccc(C(=O)NC[C@@H]2[C@@H]3C[C@@H]3CN2C(=O)c2ccc(C)cc2-c2cccc(F)c2)c1. The van der Waals surface area contributed by atoms with Gasteiger partial charge in [0.05, 0.1) is 6.04 Å². The molecule has 170 valence electrons. The summed E-state index contributed by atoms with van der Waals surface area (Å²) < 4.78 is 13.9. The second-order valence-electron chi connectivity index (χ2n) is 9.18. The molecule has 2 fully saturated rings. The first-order chi connectivity index (χ1) is 16.4. The molecule has 1 saturated carbocycles. The van der Waals surface area contributed by atoms with Gasteiger partial charge in [-0.15, -0.1) is 6.42 Å². The average Bonchev–Trinajstić information content (AvgIpc) is 3.53. The molecule has 0 aromatic heterocycles. The lowest BCUT2D eigenvalue weighted by Crippen LogP contribution is -2.45. The minimum atomic E-state index is -0.339. The molecule has 5 rings (SSSR count). The molecule has 3 atom stereocenters. The van der Waals surface area contributed by atoms with Crippen LogP contribution in [0.15, 0.2) is 66.7 Å². The number of aryl methyl sites for hydroxylation is 1. The van der Waals surface area contributed by atoms with Crippen LogP contribution in [0.4, 0.5) is 4.39 Å². The summed E-state index contributed by atoms with van der Waals surface area (Å²) in [5.41, 5.74) is 4.10. The van der Waals surface area contributed by atoms with Crippen molar-refractivity contribution in [2.24, 2.45) is 11.8 Å². The maximum atomic E-state index is 13.9. The van der Waals surface area contributed by atoms with Crippen LogP contribution < -0.4 is 5.32 Å². The second kappa shape index (κ2) is 8.79. The van der Waals surface area contributed by atoms with Crippen molar-refractivity contribution in [2.75, 3.05) is 13.1 Å². The van der Waals surface area contributed by atoms with Gasteiger partial charge in [-0.05, 0) is 72.7 Å². The predicted molar refractivity (Wildman–Crippen MR) is 130 cm³/mol. The molecule has 2 aliphatic rings. The Kier molecular flexibility index (Phi) is 5.67. The summed E-state index contributed by atoms with van der Waals surface area (Å²) >= 11 is 0. The fourth-order valence-electron chi connectivity index (χ4n) is 5.01. The Hall–Kier alpha value is -3.91. The molecule has 3 aromatic rings. The number of fused-ring (bicyclic) bond motifs is 1. The molecule has 2 amide bonds. The summed E-state index contributed by atoms with van der Waals surface area (Å²) in [7, 11) is 0. The van der Waals surface area contributed by atoms with Gasteiger partial charge in [-0.3, -0.25) is 9.59 Å². The maximum Gasteiger partial charge on any atom is 0.254 e. The van der Waals surface area contributed by atoms with Crippen molar-refractivity contribution in [3.8, 4) is 23.5 Å². The van der Waals surface area contributed by atoms with Gasteiger partial charge in [-0.25, -0.2) is 4.39 Å². The molecule has 1 aliphatic heterocycles. The van der Waals surface area contributed by atoms with Gasteiger partial charge in [-0.1, -0.05) is 41.8 Å². The van der Waals surface area contributed by atoms with Gasteiger partial charge in [0.1, 0.15) is 5.82 Å². The molecule has 3 aromatic carbocycles. The van der Waals surface area contributed by atoms with Crippen LogP contribution in [0.1, 0.15) is 38.3 Å². The summed E-state index contributed by atoms with van der Waals surface area (Å²) in [6.45, 7) is 3.01. The minimum Gasteiger partial charge on any atom is -0.350 e. The van der Waals surface area contributed by atoms with E-state index in [0.29, 0.717) is 47.2 Å². The van der Waals surface area contributed by atoms with Crippen molar-refractivity contribution in [1.82, 2.24) is 10.2 Å². The fraction of sp³-hybridized carbons (Fsp3) is 0.241. The number of benzene rings is 3. The van der Waals surface area contributed by atoms with Crippen molar-refractivity contribution in [2.45, 2.75) is 19.4 Å². The Labute approximate surface area is 198 Å². The number of nitrogens with one attached hydrogen (secondary N) is 1. The van der Waals surface area contributed by atoms with Crippen LogP contribution >= 0.6 is 0 Å². The Bertz CT molecular complexity index is 1330. The largest absolute Gasteiger partial charge is 0.350 e. The van der Waals surface area contributed by atoms with Crippen molar-refractivity contribution < 1.29 is 14.0 Å². The molecule has 1 aliphatic carbocycles. The number of terminal acetylenes is 1. The third-order valence-electron chi connectivity index (χ3n) is 6.87. The van der Waals surface area contributed by atoms with E-state index in [0.717, 1.165) is 17.5 Å². The number of nitrogens with zero attached hydrogens (tertiary/aromatic N) is 1. The van der Waals surface area contributed by atoms with Crippen LogP contribution in [-0.4, -0.2) is 35.8 Å². The molecule has 0 spiro atoms. The van der Waals surface area contributed by atoms with E-state index < -0.39 is 0 Å². The lowest BCUT2D eigenvalue weighted by atomic mass is 9.96. The van der Waals surface area contributed by atoms with Gasteiger partial charge < -0.3 is 10.2 Å². The Morgan fingerprint density at radius 2 is 1.94 bits per heavy atom. The molecule has 1 saturated heterocycles. The number of piperidine rings is 1. The average molecular weight is 453 g/mol. The zero-order chi connectivity index (χ0) is 23.8. The Balaban J connectivity index is 1.37. The number of rotatable bonds is 5. The van der Waals surface area contributed by atoms with Crippen LogP contribution in [0.3, 0.4) is 0 Å². The first-order valence-electron chi connectivity index (χ1n) is 11.5. The molecule has 0 unspecified atom stereocenters. The van der Waals surface area contributed by atoms with E-state index in [1.165, 1.54) is 12.1 Å². The van der Waals surface area contributed by atoms with Gasteiger partial charge in [0.15, 0.2) is 0 Å². The maximum absolute atomic E-state index is 13.9. The van der Waals surface area contributed by atoms with Crippen LogP contribution in [-0.2, 0) is 0 Å². The standard InChI is InChI=1S/C29H25FN2O2/c1-3-19-6-4-8-21(13-19)28(33)31-16-27-26-15-22(26)17-32(27)29(34)24-11-10-18(2)12-25(24)20-7-5-9-23(30)14-20/h1,4-14,22,26-27H,15-17H2,2H3,(H,31,33)/t22-,26-,27-/m1/s1. The number of hydrogen-bond acceptors (Lipinski definition) is 2. The van der Waals surface area contributed by atoms with Crippen LogP contribution in [0.2, 0.25) is 0 Å². The molecule has 4 nitrogen and oxygen atoms in total. The Morgan fingerprint density at radius 3 is 2.74 bits per heavy atom. The summed E-state index contributed by atoms with van der Waals surface area (Å²) in [6.07, 6.45) is 6.52. The smallest absolute Gasteiger partial charge is 0.254 e. The monoisotopic (exact) mass is 452 g/mol. The molecule has 0 bridgehead atoms. The third-order valence-corrected chi connectivity index (χ3v) is 6.87. The van der Waals surface area contributed by atoms with Crippen molar-refractivity contribution in [3.63, 3.8) is 0 Å². The highest BCUT2D eigenvalue weighted by atomic mass is 19.1. The van der Waals surface area contributed by atoms with Crippen molar-refractivity contribution in [3.05, 3.63) is 94.8 Å². The summed E-state index contributed by atoms with van der Waals surface area (Å²) in [6, 6.07) is 18.9. The third kappa shape index (κ3) is 4.20. The number of hydrogen-bond donors (Lipinski definition) is 1. The van der Waals surface area contributed by atoms with E-state index in [1.807, 2.05) is 36.1 Å². The lowest BCUT2D eigenvalue weighted by molar-refractivity contribution is 0.0695. The molecule has 5 heteroatoms. The number of carbonyl (C=O) groups is 2. The highest BCUT2D eigenvalue weighted by Crippen LogP contribution is 2.50. The number of amides is 2. The summed E-state index contributed by atoms with van der Waals surface area (Å²) in [4.78, 5) is 28.3. The number of halogens is 1. The minimum absolute atomic E-state index is 0.0704. The summed E-state index contributed by atoms with van der Waals surface area (Å²) in [5.74, 6) is 2.78. The molecule has 0 radical (unpaired) electrons. The van der Waals surface area contributed by atoms with E-state index >= 15 is 0 Å². The van der Waals surface area contributed by atoms with Gasteiger partial charge >= 0.3 is 0 Å². The molecule has 1 heterocycles. The second-order valence-corrected chi connectivity index (χ2v) is 9.18. The van der Waals surface area contributed by atoms with Crippen molar-refractivity contribution >= 4 is 11.8 Å². The first kappa shape index (κ1) is 21.9. The molecular formula is C29H25FN2O2. The zero-order valence-electron chi connectivity index (χ0n) is 18.9. The fourth-order valence-corrected chi connectivity index (χ4v) is 5.01. The van der Waals surface area contributed by atoms with E-state index in [9.17, 15) is 14.0 Å². The normalized spacial score (nSPS) is 20.4. The number of likely N-dealkylation sites (tertiary alicyclic amines) is 1. The van der Waals surface area contributed by atoms with E-state index in [1.54, 1.807) is 30.3 Å². The summed E-state index contributed by atoms with van der Waals surface area (Å²) in [5, 5.41) is 3.00. The van der Waals surface area contributed by atoms with E-state index in [4.69, 9.17) is 6.42 Å². The first-order valence-corrected chi connectivity index (χ1v) is 11.5. The quantitative estimate of drug-likeness (QED) is 0.572. The lowest BCUT2D eigenvalue weighted by Gasteiger charge is -2.29. The predicted octanol–water partition coefficient (Wildman–Crippen LogP) is 4.67. The van der Waals surface area contributed by atoms with E-state index in [-0.39, 0.29) is 23.7 Å². The number of carbonyl (C=O) groups excluding carboxylic acids is 2. The van der Waals surface area contributed by atoms with Crippen LogP contribution in [0, 0.1) is 36.9 Å². The topological polar surface area (TPSA) is 49.4 Å². The van der Waals surface area contributed by atoms with E-state index in [2.05, 4.69) is 11.2 Å². The van der Waals surface area contributed by atoms with Gasteiger partial charge in [0.25, 0.3) is 11.8 Å². The van der Waals surface area contributed by atoms with Gasteiger partial charge in [0.2, 0.25) is 0 Å². The van der Waals surface area contributed by atoms with Crippen molar-refractivity contribution in [1.29, 1.82) is 0 Å². The molecule has 34 heavy (non-hydrogen) atoms. The molecule has 1 N–H and O–H groups in total. The van der Waals surface area contributed by atoms with Crippen LogP contribution in [0.5, 0.6) is 0 Å². The van der Waals surface area contributed by atoms with Gasteiger partial charge in [-0.2, -0.15) is 0 Å². The highest BCUT2D eigenvalue weighted by Gasteiger charge is 2.54. The highest BCUT2D eigenvalue weighted by molar-refractivity contribution is 6.01. The van der Waals surface area contributed by atoms with Crippen LogP contribution in [0.25, 0.3) is 11.1 Å². The molecular weight excluding hydrogens is 427 g/mol. The zero-order valence-corrected chi connectivity index (χ0v) is 18.9. The van der Waals surface area contributed by atoms with Gasteiger partial charge in [0, 0.05) is 29.8 Å². The Morgan fingerprint density at radius 1 is 1.12 bits per heavy atom.